The molecule has 0 heterocycles. The van der Waals surface area contributed by atoms with Crippen LogP contribution in [-0.4, -0.2) is 211 Å². The second-order valence-electron chi connectivity index (χ2n) is 30.5. The van der Waals surface area contributed by atoms with Gasteiger partial charge in [0.15, 0.2) is 0 Å². The van der Waals surface area contributed by atoms with E-state index in [1.165, 1.54) is 129 Å². The summed E-state index contributed by atoms with van der Waals surface area (Å²) in [5, 5.41) is 86.4. The number of hydrogen-bond acceptors (Lipinski definition) is 37. The first kappa shape index (κ1) is 133. The molecule has 9 rings (SSSR count). The van der Waals surface area contributed by atoms with Crippen molar-refractivity contribution in [3.63, 3.8) is 0 Å². The van der Waals surface area contributed by atoms with E-state index in [1.807, 2.05) is 107 Å². The molecule has 0 aliphatic rings. The first-order chi connectivity index (χ1) is 69.6. The molecule has 9 aromatic rings. The highest BCUT2D eigenvalue weighted by molar-refractivity contribution is 7.78. The maximum Gasteiger partial charge on any atom is 0.271 e. The van der Waals surface area contributed by atoms with Crippen LogP contribution in [0.2, 0.25) is 0 Å². The molecule has 0 spiro atoms. The van der Waals surface area contributed by atoms with Crippen molar-refractivity contribution in [2.75, 3.05) is 178 Å². The van der Waals surface area contributed by atoms with Gasteiger partial charge in [0.05, 0.1) is 154 Å². The Morgan fingerprint density at radius 2 is 0.694 bits per heavy atom. The molecule has 47 heteroatoms. The number of anilines is 9. The van der Waals surface area contributed by atoms with Gasteiger partial charge in [0.25, 0.3) is 34.3 Å². The third-order valence-electron chi connectivity index (χ3n) is 19.8. The van der Waals surface area contributed by atoms with Gasteiger partial charge in [0.2, 0.25) is 23.0 Å². The number of rotatable bonds is 36. The number of nitro groups is 5. The van der Waals surface area contributed by atoms with Crippen molar-refractivity contribution in [2.24, 2.45) is 15.8 Å². The van der Waals surface area contributed by atoms with E-state index in [4.69, 9.17) is 71.9 Å². The van der Waals surface area contributed by atoms with Gasteiger partial charge in [0.1, 0.15) is 57.5 Å². The van der Waals surface area contributed by atoms with Crippen molar-refractivity contribution in [2.45, 2.75) is 133 Å². The molecule has 0 radical (unpaired) electrons. The van der Waals surface area contributed by atoms with E-state index in [-0.39, 0.29) is 86.7 Å². The largest absolute Gasteiger partial charge is 0.508 e. The average Bonchev–Trinajstić information content (AvgIpc) is 0.823. The molecule has 0 unspecified atom stereocenters. The van der Waals surface area contributed by atoms with Crippen LogP contribution in [0, 0.1) is 50.6 Å². The van der Waals surface area contributed by atoms with Crippen LogP contribution in [0.25, 0.3) is 0 Å². The van der Waals surface area contributed by atoms with Crippen molar-refractivity contribution in [1.82, 2.24) is 5.43 Å². The summed E-state index contributed by atoms with van der Waals surface area (Å²) in [4.78, 5) is 125. The summed E-state index contributed by atoms with van der Waals surface area (Å²) < 4.78 is 41.1. The molecular weight excluding hydrogens is 1970 g/mol. The normalized spacial score (nSPS) is 9.61. The van der Waals surface area contributed by atoms with E-state index in [1.54, 1.807) is 83.2 Å². The second kappa shape index (κ2) is 73.2. The number of nitrogens with two attached hydrogens (primary N) is 3. The van der Waals surface area contributed by atoms with Crippen LogP contribution in [0.1, 0.15) is 149 Å². The van der Waals surface area contributed by atoms with E-state index < -0.39 is 30.5 Å². The Morgan fingerprint density at radius 3 is 0.980 bits per heavy atom. The van der Waals surface area contributed by atoms with Crippen LogP contribution >= 0.6 is 36.0 Å². The highest BCUT2D eigenvalue weighted by Gasteiger charge is 2.23. The van der Waals surface area contributed by atoms with Crippen LogP contribution in [0.5, 0.6) is 57.5 Å². The fourth-order valence-corrected chi connectivity index (χ4v) is 12.5. The SMILES string of the molecule is CC(C)c1cc(C(=O)NN)c(O)cc1O.CCC(=O)Cl.CCC(=O)N(C)c1cc([N+](=O)[O-])ccc1OC.CCC(=O)N(C)c1cc([N+](=O)[O-])ccc1OC.CCC(=O)Nc1cc([N+](=O)[O-])ccc1OC.CCCN(C)c1cc(N)ccc1OC.CCCN(C)c1cc(N=C=S)ccc1OC.CCCN(C)c1cc(N=C=S)ccc1OC.CCCN(C)c1cc([N+](=O)[O-])ccc1OC.CCO.COc1ccc([N+](=O)[O-])cc1N. The van der Waals surface area contributed by atoms with Gasteiger partial charge < -0.3 is 99.4 Å². The molecule has 0 aliphatic heterocycles. The van der Waals surface area contributed by atoms with Gasteiger partial charge in [-0.15, -0.1) is 0 Å². The number of nitrogen functional groups attached to an aromatic ring is 3. The number of ether oxygens (including phenoxy) is 8. The van der Waals surface area contributed by atoms with Gasteiger partial charge in [-0.1, -0.05) is 69.2 Å². The number of aliphatic imine (C=N–C) groups is 2. The van der Waals surface area contributed by atoms with Gasteiger partial charge in [-0.3, -0.25) is 80.0 Å². The number of methoxy groups -OCH3 is 8. The smallest absolute Gasteiger partial charge is 0.271 e. The summed E-state index contributed by atoms with van der Waals surface area (Å²) in [5.41, 5.74) is 21.1. The van der Waals surface area contributed by atoms with Gasteiger partial charge >= 0.3 is 0 Å². The molecule has 804 valence electrons. The van der Waals surface area contributed by atoms with E-state index in [0.29, 0.717) is 77.1 Å². The van der Waals surface area contributed by atoms with Crippen molar-refractivity contribution in [3.05, 3.63) is 219 Å². The number of phenolic OH excluding ortho intramolecular Hbond substituents is 2. The lowest BCUT2D eigenvalue weighted by Crippen LogP contribution is -2.30. The number of halogens is 1. The zero-order valence-electron chi connectivity index (χ0n) is 87.8. The number of nitrogens with zero attached hydrogens (tertiary/aromatic N) is 13. The summed E-state index contributed by atoms with van der Waals surface area (Å²) in [5.74, 6) is 8.53. The number of nitrogens with one attached hydrogen (secondary N) is 2. The number of non-ortho nitro benzene ring substituents is 5. The summed E-state index contributed by atoms with van der Waals surface area (Å²) in [7, 11) is 23.5. The standard InChI is InChI=1S/2C12H16N2OS.2C11H14N2O4.C11H16N2O3.C11H18N2O.C10H12N2O4.C10H14N2O3.C7H8N2O3.C3H5ClO.C2H6O/c2*1-4-7-14(2)11-8-10(13-9-16)5-6-12(11)15-3;2*1-4-11(14)12(2)9-7-8(13(15)16)5-6-10(9)17-3;1-4-7-12(2)10-8-9(13(14)15)5-6-11(10)16-3;1-4-7-13(2)10-8-9(12)5-6-11(10)14-3;1-3-10(13)11-8-6-7(12(14)15)4-5-9(8)16-2;1-5(2)6-3-7(10(15)12-11)9(14)4-8(6)13;1-12-7-3-2-5(9(10)11)4-6(7)8;1-2-3(4)5;1-2-3/h2*5-6,8H,4,7H2,1-3H3;2*5-7H,4H2,1-3H3;5-6,8H,4,7H2,1-3H3;5-6,8H,4,7,12H2,1-3H3;4-6H,3H2,1-2H3,(H,11,13);3-5,13-14H,11H2,1-2H3,(H,12,15);2-4H,8H2,1H3;2H2,1H3;3H,2H2,1H3. The molecule has 147 heavy (non-hydrogen) atoms. The minimum atomic E-state index is -0.589. The number of amides is 4. The van der Waals surface area contributed by atoms with Crippen LogP contribution in [0.3, 0.4) is 0 Å². The van der Waals surface area contributed by atoms with E-state index >= 15 is 0 Å². The molecule has 9 aromatic carbocycles. The quantitative estimate of drug-likeness (QED) is 0.00264. The van der Waals surface area contributed by atoms with Gasteiger partial charge in [-0.2, -0.15) is 9.98 Å². The number of carbonyl (C=O) groups is 5. The fraction of sp³-hybridized carbons (Fsp3) is 0.390. The number of thiocarbonyl (C=S) groups is 2. The van der Waals surface area contributed by atoms with E-state index in [0.717, 1.165) is 115 Å². The maximum atomic E-state index is 11.6. The molecule has 0 bridgehead atoms. The fourth-order valence-electron chi connectivity index (χ4n) is 12.3. The number of aliphatic hydroxyl groups is 1. The Balaban J connectivity index is 0. The van der Waals surface area contributed by atoms with Gasteiger partial charge in [0, 0.05) is 173 Å². The van der Waals surface area contributed by atoms with Crippen LogP contribution in [0.15, 0.2) is 168 Å². The summed E-state index contributed by atoms with van der Waals surface area (Å²) in [6.45, 7) is 24.8. The van der Waals surface area contributed by atoms with Gasteiger partial charge in [-0.05, 0) is 171 Å². The number of aromatic hydroxyl groups is 2. The van der Waals surface area contributed by atoms with Crippen molar-refractivity contribution in [3.8, 4) is 57.5 Å². The molecule has 0 aromatic heterocycles. The lowest BCUT2D eigenvalue weighted by molar-refractivity contribution is -0.385. The number of benzene rings is 9. The molecule has 0 aliphatic carbocycles. The number of hydrogen-bond donors (Lipinski definition) is 8. The molecule has 0 fully saturated rings. The summed E-state index contributed by atoms with van der Waals surface area (Å²) in [6, 6.07) is 40.7. The first-order valence-electron chi connectivity index (χ1n) is 45.5. The zero-order chi connectivity index (χ0) is 112. The lowest BCUT2D eigenvalue weighted by Gasteiger charge is -2.21. The molecule has 11 N–H and O–H groups in total. The van der Waals surface area contributed by atoms with E-state index in [2.05, 4.69) is 92.5 Å². The van der Waals surface area contributed by atoms with Gasteiger partial charge in [-0.25, -0.2) is 5.84 Å². The molecule has 44 nitrogen and oxygen atoms in total. The number of hydrazine groups is 1. The first-order valence-corrected chi connectivity index (χ1v) is 46.7. The average molecular weight is 2110 g/mol. The Morgan fingerprint density at radius 1 is 0.408 bits per heavy atom. The number of carbonyl (C=O) groups excluding carboxylic acids is 5. The second-order valence-corrected chi connectivity index (χ2v) is 31.3. The number of nitro benzene ring substituents is 5. The Labute approximate surface area is 873 Å². The van der Waals surface area contributed by atoms with Crippen LogP contribution in [0.4, 0.5) is 91.0 Å². The number of aliphatic hydroxyl groups excluding tert-OH is 1. The number of phenols is 2. The Kier molecular flexibility index (Phi) is 66.4. The zero-order valence-corrected chi connectivity index (χ0v) is 90.1. The third-order valence-corrected chi connectivity index (χ3v) is 20.2. The predicted molar refractivity (Wildman–Crippen MR) is 585 cm³/mol. The highest BCUT2D eigenvalue weighted by Crippen LogP contribution is 2.39. The molecule has 0 saturated heterocycles. The Bertz CT molecular complexity index is 5560. The van der Waals surface area contributed by atoms with Crippen LogP contribution in [-0.2, 0) is 19.2 Å². The summed E-state index contributed by atoms with van der Waals surface area (Å²) in [6.07, 6.45) is 5.62. The van der Waals surface area contributed by atoms with Crippen LogP contribution < -0.4 is 95.3 Å². The van der Waals surface area contributed by atoms with E-state index in [9.17, 15) is 84.8 Å². The van der Waals surface area contributed by atoms with Crippen molar-refractivity contribution < 1.29 is 102 Å². The number of isothiocyanates is 2. The summed E-state index contributed by atoms with van der Waals surface area (Å²) >= 11 is 14.0. The highest BCUT2D eigenvalue weighted by atomic mass is 35.5. The minimum Gasteiger partial charge on any atom is -0.508 e. The monoisotopic (exact) mass is 2110 g/mol. The molecule has 0 saturated carbocycles. The minimum absolute atomic E-state index is 0.0314. The molecule has 4 amide bonds. The third kappa shape index (κ3) is 47.5. The lowest BCUT2D eigenvalue weighted by atomic mass is 9.98. The molecular formula is C100H139ClN18O26S2. The topological polar surface area (TPSA) is 582 Å². The van der Waals surface area contributed by atoms with Crippen molar-refractivity contribution >= 4 is 166 Å². The maximum absolute atomic E-state index is 11.6. The predicted octanol–water partition coefficient (Wildman–Crippen LogP) is 20.2. The Hall–Kier alpha value is -15.9. The molecule has 0 atom stereocenters. The van der Waals surface area contributed by atoms with Crippen molar-refractivity contribution in [1.29, 1.82) is 0 Å².